The van der Waals surface area contributed by atoms with Crippen LogP contribution in [0.1, 0.15) is 18.4 Å². The number of unbranched alkanes of at least 4 members (excludes halogenated alkanes) is 1. The van der Waals surface area contributed by atoms with E-state index < -0.39 is 10.1 Å². The van der Waals surface area contributed by atoms with E-state index in [-0.39, 0.29) is 5.75 Å². The largest absolute Gasteiger partial charge is 0.286 e. The summed E-state index contributed by atoms with van der Waals surface area (Å²) < 4.78 is 29.4. The molecule has 0 aliphatic carbocycles. The second-order valence-corrected chi connectivity index (χ2v) is 5.38. The highest BCUT2D eigenvalue weighted by Gasteiger charge is 2.03. The molecule has 0 fully saturated rings. The maximum Gasteiger partial charge on any atom is 0.264 e. The summed E-state index contributed by atoms with van der Waals surface area (Å²) in [5, 5.41) is 0.683. The summed E-state index contributed by atoms with van der Waals surface area (Å²) in [6, 6.07) is 7.46. The van der Waals surface area contributed by atoms with E-state index in [0.29, 0.717) is 11.4 Å². The van der Waals surface area contributed by atoms with Crippen LogP contribution in [0.3, 0.4) is 0 Å². The molecule has 0 aliphatic heterocycles. The first kappa shape index (κ1) is 12.5. The van der Waals surface area contributed by atoms with E-state index in [1.807, 2.05) is 18.2 Å². The number of aryl methyl sites for hydroxylation is 1. The Kier molecular flexibility index (Phi) is 4.57. The molecule has 84 valence electrons. The van der Waals surface area contributed by atoms with Crippen LogP contribution in [0.15, 0.2) is 24.3 Å². The molecule has 0 unspecified atom stereocenters. The summed E-state index contributed by atoms with van der Waals surface area (Å²) in [6.07, 6.45) is 1.96. The van der Waals surface area contributed by atoms with E-state index in [0.717, 1.165) is 18.4 Å². The zero-order valence-electron chi connectivity index (χ0n) is 8.19. The van der Waals surface area contributed by atoms with Crippen LogP contribution in [0, 0.1) is 0 Å². The average Bonchev–Trinajstić information content (AvgIpc) is 2.11. The van der Waals surface area contributed by atoms with Crippen LogP contribution in [0.25, 0.3) is 0 Å². The Morgan fingerprint density at radius 1 is 1.27 bits per heavy atom. The fourth-order valence-electron chi connectivity index (χ4n) is 1.31. The first-order valence-corrected chi connectivity index (χ1v) is 6.66. The second-order valence-electron chi connectivity index (χ2n) is 3.37. The maximum atomic E-state index is 10.4. The van der Waals surface area contributed by atoms with Gasteiger partial charge in [0.15, 0.2) is 0 Å². The molecule has 0 aliphatic rings. The lowest BCUT2D eigenvalue weighted by atomic mass is 10.1. The quantitative estimate of drug-likeness (QED) is 0.644. The molecule has 1 rings (SSSR count). The molecule has 0 bridgehead atoms. The highest BCUT2D eigenvalue weighted by molar-refractivity contribution is 7.85. The molecule has 1 N–H and O–H groups in total. The van der Waals surface area contributed by atoms with Gasteiger partial charge >= 0.3 is 0 Å². The molecule has 0 heterocycles. The Morgan fingerprint density at radius 2 is 2.00 bits per heavy atom. The smallest absolute Gasteiger partial charge is 0.264 e. The van der Waals surface area contributed by atoms with E-state index in [4.69, 9.17) is 16.2 Å². The number of hydrogen-bond acceptors (Lipinski definition) is 2. The molecule has 5 heteroatoms. The third-order valence-corrected chi connectivity index (χ3v) is 3.05. The summed E-state index contributed by atoms with van der Waals surface area (Å²) >= 11 is 5.79. The topological polar surface area (TPSA) is 54.4 Å². The van der Waals surface area contributed by atoms with Crippen molar-refractivity contribution >= 4 is 21.7 Å². The minimum Gasteiger partial charge on any atom is -0.286 e. The van der Waals surface area contributed by atoms with Gasteiger partial charge in [0.2, 0.25) is 0 Å². The van der Waals surface area contributed by atoms with Crippen molar-refractivity contribution in [1.82, 2.24) is 0 Å². The summed E-state index contributed by atoms with van der Waals surface area (Å²) in [4.78, 5) is 0. The van der Waals surface area contributed by atoms with Gasteiger partial charge in [0, 0.05) is 5.02 Å². The van der Waals surface area contributed by atoms with E-state index in [1.54, 1.807) is 6.07 Å². The standard InChI is InChI=1S/C10H13ClO3S/c11-10-6-3-5-9(8-10)4-1-2-7-15(12,13)14/h3,5-6,8H,1-2,4,7H2,(H,12,13,14). The number of halogens is 1. The number of hydrogen-bond donors (Lipinski definition) is 1. The van der Waals surface area contributed by atoms with Gasteiger partial charge in [-0.25, -0.2) is 0 Å². The van der Waals surface area contributed by atoms with Crippen molar-refractivity contribution in [3.63, 3.8) is 0 Å². The van der Waals surface area contributed by atoms with E-state index in [9.17, 15) is 8.42 Å². The molecule has 0 radical (unpaired) electrons. The Hall–Kier alpha value is -0.580. The number of benzene rings is 1. The highest BCUT2D eigenvalue weighted by atomic mass is 35.5. The Balaban J connectivity index is 2.32. The van der Waals surface area contributed by atoms with Crippen LogP contribution in [-0.4, -0.2) is 18.7 Å². The van der Waals surface area contributed by atoms with Crippen molar-refractivity contribution in [1.29, 1.82) is 0 Å². The molecular formula is C10H13ClO3S. The van der Waals surface area contributed by atoms with Crippen molar-refractivity contribution in [3.05, 3.63) is 34.9 Å². The van der Waals surface area contributed by atoms with E-state index in [2.05, 4.69) is 0 Å². The van der Waals surface area contributed by atoms with E-state index >= 15 is 0 Å². The van der Waals surface area contributed by atoms with E-state index in [1.165, 1.54) is 0 Å². The van der Waals surface area contributed by atoms with Gasteiger partial charge in [0.25, 0.3) is 10.1 Å². The molecule has 0 atom stereocenters. The van der Waals surface area contributed by atoms with Crippen LogP contribution in [0.4, 0.5) is 0 Å². The lowest BCUT2D eigenvalue weighted by Crippen LogP contribution is -2.03. The lowest BCUT2D eigenvalue weighted by molar-refractivity contribution is 0.480. The van der Waals surface area contributed by atoms with Crippen molar-refractivity contribution in [2.75, 3.05) is 5.75 Å². The van der Waals surface area contributed by atoms with Crippen LogP contribution in [0.2, 0.25) is 5.02 Å². The van der Waals surface area contributed by atoms with Crippen LogP contribution >= 0.6 is 11.6 Å². The van der Waals surface area contributed by atoms with Gasteiger partial charge < -0.3 is 0 Å². The van der Waals surface area contributed by atoms with Gasteiger partial charge in [-0.15, -0.1) is 0 Å². The molecule has 0 saturated heterocycles. The molecule has 15 heavy (non-hydrogen) atoms. The zero-order valence-corrected chi connectivity index (χ0v) is 9.76. The molecule has 0 aromatic heterocycles. The van der Waals surface area contributed by atoms with Crippen LogP contribution < -0.4 is 0 Å². The Morgan fingerprint density at radius 3 is 2.60 bits per heavy atom. The summed E-state index contributed by atoms with van der Waals surface area (Å²) in [7, 11) is -3.81. The molecule has 3 nitrogen and oxygen atoms in total. The zero-order chi connectivity index (χ0) is 11.3. The molecule has 1 aromatic rings. The SMILES string of the molecule is O=S(=O)(O)CCCCc1cccc(Cl)c1. The monoisotopic (exact) mass is 248 g/mol. The highest BCUT2D eigenvalue weighted by Crippen LogP contribution is 2.12. The Bertz CT molecular complexity index is 414. The van der Waals surface area contributed by atoms with Gasteiger partial charge in [-0.1, -0.05) is 23.7 Å². The van der Waals surface area contributed by atoms with Gasteiger partial charge in [-0.3, -0.25) is 4.55 Å². The average molecular weight is 249 g/mol. The summed E-state index contributed by atoms with van der Waals surface area (Å²) in [5.74, 6) is -0.173. The predicted octanol–water partition coefficient (Wildman–Crippen LogP) is 2.55. The van der Waals surface area contributed by atoms with Crippen molar-refractivity contribution in [2.45, 2.75) is 19.3 Å². The van der Waals surface area contributed by atoms with Gasteiger partial charge in [0.1, 0.15) is 0 Å². The minimum atomic E-state index is -3.81. The van der Waals surface area contributed by atoms with Crippen LogP contribution in [-0.2, 0) is 16.5 Å². The van der Waals surface area contributed by atoms with Gasteiger partial charge in [-0.05, 0) is 37.0 Å². The predicted molar refractivity (Wildman–Crippen MR) is 60.8 cm³/mol. The molecule has 0 amide bonds. The lowest BCUT2D eigenvalue weighted by Gasteiger charge is -2.01. The third kappa shape index (κ3) is 5.77. The minimum absolute atomic E-state index is 0.173. The fourth-order valence-corrected chi connectivity index (χ4v) is 2.09. The number of rotatable bonds is 5. The molecule has 1 aromatic carbocycles. The maximum absolute atomic E-state index is 10.4. The molecular weight excluding hydrogens is 236 g/mol. The summed E-state index contributed by atoms with van der Waals surface area (Å²) in [6.45, 7) is 0. The molecule has 0 saturated carbocycles. The van der Waals surface area contributed by atoms with Crippen LogP contribution in [0.5, 0.6) is 0 Å². The third-order valence-electron chi connectivity index (χ3n) is 2.01. The van der Waals surface area contributed by atoms with Crippen molar-refractivity contribution < 1.29 is 13.0 Å². The van der Waals surface area contributed by atoms with Crippen molar-refractivity contribution in [2.24, 2.45) is 0 Å². The first-order valence-electron chi connectivity index (χ1n) is 4.67. The van der Waals surface area contributed by atoms with Gasteiger partial charge in [-0.2, -0.15) is 8.42 Å². The van der Waals surface area contributed by atoms with Gasteiger partial charge in [0.05, 0.1) is 5.75 Å². The Labute approximate surface area is 94.8 Å². The normalized spacial score (nSPS) is 11.6. The summed E-state index contributed by atoms with van der Waals surface area (Å²) in [5.41, 5.74) is 1.08. The molecule has 0 spiro atoms. The fraction of sp³-hybridized carbons (Fsp3) is 0.400. The first-order chi connectivity index (χ1) is 6.97. The van der Waals surface area contributed by atoms with Crippen molar-refractivity contribution in [3.8, 4) is 0 Å². The second kappa shape index (κ2) is 5.49.